The maximum Gasteiger partial charge on any atom is 0.408 e. The number of hydrogen-bond acceptors (Lipinski definition) is 7. The Labute approximate surface area is 312 Å². The molecule has 5 N–H and O–H groups in total. The van der Waals surface area contributed by atoms with E-state index in [0.29, 0.717) is 18.9 Å². The molecular formula is C42H53N5O6. The minimum Gasteiger partial charge on any atom is -0.445 e. The molecule has 1 aromatic heterocycles. The van der Waals surface area contributed by atoms with Gasteiger partial charge in [-0.25, -0.2) is 4.79 Å². The maximum atomic E-state index is 14.2. The molecule has 6 atom stereocenters. The van der Waals surface area contributed by atoms with Crippen LogP contribution >= 0.6 is 0 Å². The zero-order valence-corrected chi connectivity index (χ0v) is 31.1. The van der Waals surface area contributed by atoms with Crippen LogP contribution in [0.5, 0.6) is 0 Å². The van der Waals surface area contributed by atoms with Crippen molar-refractivity contribution in [2.75, 3.05) is 6.54 Å². The second-order valence-electron chi connectivity index (χ2n) is 13.7. The first-order chi connectivity index (χ1) is 25.6. The van der Waals surface area contributed by atoms with Crippen molar-refractivity contribution >= 4 is 34.6 Å². The number of carbonyl (C=O) groups is 4. The van der Waals surface area contributed by atoms with Gasteiger partial charge in [-0.1, -0.05) is 113 Å². The Morgan fingerprint density at radius 2 is 1.40 bits per heavy atom. The van der Waals surface area contributed by atoms with E-state index in [2.05, 4.69) is 26.3 Å². The standard InChI is InChI=1S/C42H53N5O6/c1-5-28(3)26-44-38(49)25-37(48)39(29(4)6-2)47-41(51)35(23-30-19-21-43-22-20-30)45-40(50)36(46-42(52)53-27-31-13-8-7-9-14-31)24-33-17-12-16-32-15-10-11-18-34(32)33/h7-22,28-29,35-37,39,48H,5-6,23-27H2,1-4H3,(H,44,49)(H,45,50)(H,46,52)(H,47,51)/t28?,29?,35-,36-,37?,39?/m0/s1. The van der Waals surface area contributed by atoms with Crippen molar-refractivity contribution in [1.82, 2.24) is 26.3 Å². The van der Waals surface area contributed by atoms with Gasteiger partial charge in [-0.15, -0.1) is 0 Å². The smallest absolute Gasteiger partial charge is 0.408 e. The number of rotatable bonds is 19. The molecule has 4 unspecified atom stereocenters. The lowest BCUT2D eigenvalue weighted by Crippen LogP contribution is -2.58. The van der Waals surface area contributed by atoms with Gasteiger partial charge in [0.1, 0.15) is 18.7 Å². The van der Waals surface area contributed by atoms with E-state index < -0.39 is 42.1 Å². The average Bonchev–Trinajstić information content (AvgIpc) is 3.18. The van der Waals surface area contributed by atoms with Crippen LogP contribution in [0, 0.1) is 11.8 Å². The Bertz CT molecular complexity index is 1770. The zero-order chi connectivity index (χ0) is 38.2. The molecule has 11 heteroatoms. The van der Waals surface area contributed by atoms with Gasteiger partial charge in [0, 0.05) is 31.8 Å². The van der Waals surface area contributed by atoms with E-state index in [4.69, 9.17) is 4.74 Å². The van der Waals surface area contributed by atoms with E-state index in [1.54, 1.807) is 24.5 Å². The van der Waals surface area contributed by atoms with Crippen LogP contribution in [0.3, 0.4) is 0 Å². The van der Waals surface area contributed by atoms with Crippen molar-refractivity contribution in [3.8, 4) is 0 Å². The SMILES string of the molecule is CCC(C)CNC(=O)CC(O)C(NC(=O)[C@H](Cc1ccncc1)NC(=O)[C@H](Cc1cccc2ccccc12)NC(=O)OCc1ccccc1)C(C)CC. The predicted molar refractivity (Wildman–Crippen MR) is 206 cm³/mol. The van der Waals surface area contributed by atoms with Gasteiger partial charge in [-0.05, 0) is 51.4 Å². The average molecular weight is 724 g/mol. The number of alkyl carbamates (subject to hydrolysis) is 1. The summed E-state index contributed by atoms with van der Waals surface area (Å²) in [5.41, 5.74) is 2.36. The molecule has 0 aliphatic rings. The van der Waals surface area contributed by atoms with Crippen LogP contribution in [0.4, 0.5) is 4.79 Å². The highest BCUT2D eigenvalue weighted by Gasteiger charge is 2.33. The monoisotopic (exact) mass is 723 g/mol. The summed E-state index contributed by atoms with van der Waals surface area (Å²) < 4.78 is 5.49. The Kier molecular flexibility index (Phi) is 15.8. The minimum absolute atomic E-state index is 0.0112. The molecule has 0 radical (unpaired) electrons. The molecule has 11 nitrogen and oxygen atoms in total. The number of nitrogens with one attached hydrogen (secondary N) is 4. The first-order valence-electron chi connectivity index (χ1n) is 18.5. The summed E-state index contributed by atoms with van der Waals surface area (Å²) >= 11 is 0. The molecule has 0 saturated carbocycles. The van der Waals surface area contributed by atoms with Gasteiger partial charge in [0.25, 0.3) is 0 Å². The number of ether oxygens (including phenoxy) is 1. The number of hydrogen-bond donors (Lipinski definition) is 5. The van der Waals surface area contributed by atoms with E-state index in [0.717, 1.165) is 33.9 Å². The van der Waals surface area contributed by atoms with Gasteiger partial charge < -0.3 is 31.1 Å². The van der Waals surface area contributed by atoms with E-state index >= 15 is 0 Å². The van der Waals surface area contributed by atoms with E-state index in [9.17, 15) is 24.3 Å². The molecule has 282 valence electrons. The summed E-state index contributed by atoms with van der Waals surface area (Å²) in [5, 5.41) is 24.6. The van der Waals surface area contributed by atoms with E-state index in [1.807, 2.05) is 100 Å². The predicted octanol–water partition coefficient (Wildman–Crippen LogP) is 5.24. The number of aromatic nitrogens is 1. The third-order valence-corrected chi connectivity index (χ3v) is 9.67. The summed E-state index contributed by atoms with van der Waals surface area (Å²) in [7, 11) is 0. The second kappa shape index (κ2) is 20.7. The molecule has 0 spiro atoms. The molecule has 1 heterocycles. The number of amides is 4. The molecule has 4 rings (SSSR count). The van der Waals surface area contributed by atoms with Gasteiger partial charge in [-0.2, -0.15) is 0 Å². The lowest BCUT2D eigenvalue weighted by molar-refractivity contribution is -0.131. The fourth-order valence-electron chi connectivity index (χ4n) is 6.00. The van der Waals surface area contributed by atoms with Crippen molar-refractivity contribution in [3.05, 3.63) is 114 Å². The van der Waals surface area contributed by atoms with Crippen LogP contribution in [0.25, 0.3) is 10.8 Å². The molecule has 4 amide bonds. The van der Waals surface area contributed by atoms with Gasteiger partial charge >= 0.3 is 6.09 Å². The lowest BCUT2D eigenvalue weighted by atomic mass is 9.91. The van der Waals surface area contributed by atoms with Crippen LogP contribution in [0.1, 0.15) is 63.6 Å². The Morgan fingerprint density at radius 1 is 0.736 bits per heavy atom. The number of benzene rings is 3. The van der Waals surface area contributed by atoms with Gasteiger partial charge in [0.15, 0.2) is 0 Å². The first-order valence-corrected chi connectivity index (χ1v) is 18.5. The highest BCUT2D eigenvalue weighted by atomic mass is 16.5. The molecule has 0 aliphatic carbocycles. The number of pyridine rings is 1. The van der Waals surface area contributed by atoms with E-state index in [-0.39, 0.29) is 37.7 Å². The Balaban J connectivity index is 1.57. The van der Waals surface area contributed by atoms with E-state index in [1.165, 1.54) is 0 Å². The fraction of sp³-hybridized carbons (Fsp3) is 0.405. The highest BCUT2D eigenvalue weighted by Crippen LogP contribution is 2.21. The number of aliphatic hydroxyl groups excluding tert-OH is 1. The molecule has 53 heavy (non-hydrogen) atoms. The summed E-state index contributed by atoms with van der Waals surface area (Å²) in [4.78, 5) is 58.3. The van der Waals surface area contributed by atoms with Crippen molar-refractivity contribution in [2.24, 2.45) is 11.8 Å². The number of aliphatic hydroxyl groups is 1. The molecule has 0 bridgehead atoms. The second-order valence-corrected chi connectivity index (χ2v) is 13.7. The Hall–Kier alpha value is -5.29. The zero-order valence-electron chi connectivity index (χ0n) is 31.1. The van der Waals surface area contributed by atoms with Gasteiger partial charge in [0.05, 0.1) is 18.6 Å². The topological polar surface area (TPSA) is 159 Å². The fourth-order valence-corrected chi connectivity index (χ4v) is 6.00. The number of nitrogens with zero attached hydrogens (tertiary/aromatic N) is 1. The van der Waals surface area contributed by atoms with Gasteiger partial charge in [0.2, 0.25) is 17.7 Å². The summed E-state index contributed by atoms with van der Waals surface area (Å²) in [6, 6.07) is 23.3. The van der Waals surface area contributed by atoms with Crippen molar-refractivity contribution in [3.63, 3.8) is 0 Å². The van der Waals surface area contributed by atoms with Crippen LogP contribution in [-0.2, 0) is 38.6 Å². The summed E-state index contributed by atoms with van der Waals surface area (Å²) in [5.74, 6) is -1.32. The quantitative estimate of drug-likeness (QED) is 0.0885. The lowest BCUT2D eigenvalue weighted by Gasteiger charge is -2.31. The molecule has 0 saturated heterocycles. The van der Waals surface area contributed by atoms with Crippen molar-refractivity contribution in [2.45, 2.75) is 90.6 Å². The number of fused-ring (bicyclic) bond motifs is 1. The van der Waals surface area contributed by atoms with Crippen molar-refractivity contribution < 1.29 is 29.0 Å². The molecule has 0 aliphatic heterocycles. The molecule has 0 fully saturated rings. The molecular weight excluding hydrogens is 670 g/mol. The summed E-state index contributed by atoms with van der Waals surface area (Å²) in [6.45, 7) is 8.42. The molecule has 3 aromatic carbocycles. The van der Waals surface area contributed by atoms with Crippen LogP contribution in [-0.4, -0.2) is 64.7 Å². The highest BCUT2D eigenvalue weighted by molar-refractivity contribution is 5.93. The van der Waals surface area contributed by atoms with Crippen LogP contribution in [0.15, 0.2) is 97.3 Å². The first kappa shape index (κ1) is 40.5. The van der Waals surface area contributed by atoms with Crippen LogP contribution < -0.4 is 21.3 Å². The normalized spacial score (nSPS) is 14.5. The number of carbonyl (C=O) groups excluding carboxylic acids is 4. The van der Waals surface area contributed by atoms with Gasteiger partial charge in [-0.3, -0.25) is 19.4 Å². The van der Waals surface area contributed by atoms with Crippen molar-refractivity contribution in [1.29, 1.82) is 0 Å². The Morgan fingerprint density at radius 3 is 2.11 bits per heavy atom. The summed E-state index contributed by atoms with van der Waals surface area (Å²) in [6.07, 6.45) is 2.84. The third-order valence-electron chi connectivity index (χ3n) is 9.67. The van der Waals surface area contributed by atoms with Crippen LogP contribution in [0.2, 0.25) is 0 Å². The molecule has 4 aromatic rings. The largest absolute Gasteiger partial charge is 0.445 e. The minimum atomic E-state index is -1.16. The maximum absolute atomic E-state index is 14.2. The third kappa shape index (κ3) is 12.7.